The summed E-state index contributed by atoms with van der Waals surface area (Å²) in [7, 11) is -0.910. The molecule has 0 bridgehead atoms. The van der Waals surface area contributed by atoms with Gasteiger partial charge in [0, 0.05) is 18.4 Å². The molecule has 0 amide bonds. The van der Waals surface area contributed by atoms with Gasteiger partial charge >= 0.3 is 5.97 Å². The van der Waals surface area contributed by atoms with Crippen molar-refractivity contribution < 1.29 is 42.0 Å². The second-order valence-corrected chi connectivity index (χ2v) is 13.8. The van der Waals surface area contributed by atoms with Gasteiger partial charge in [-0.3, -0.25) is 4.79 Å². The van der Waals surface area contributed by atoms with Crippen molar-refractivity contribution in [1.82, 2.24) is 20.7 Å². The Balaban J connectivity index is 1.27. The van der Waals surface area contributed by atoms with Crippen molar-refractivity contribution in [2.75, 3.05) is 79.2 Å². The van der Waals surface area contributed by atoms with Crippen LogP contribution in [0.3, 0.4) is 0 Å². The third-order valence-corrected chi connectivity index (χ3v) is 10.2. The van der Waals surface area contributed by atoms with Crippen LogP contribution in [-0.2, 0) is 19.6 Å². The molecule has 0 saturated carbocycles. The number of nitrogens with one attached hydrogen (secondary N) is 4. The van der Waals surface area contributed by atoms with Crippen LogP contribution < -0.4 is 45.4 Å². The zero-order valence-corrected chi connectivity index (χ0v) is 27.8. The molecule has 1 unspecified atom stereocenters. The fourth-order valence-electron chi connectivity index (χ4n) is 6.54. The summed E-state index contributed by atoms with van der Waals surface area (Å²) in [6.45, 7) is 5.38. The first-order valence-corrected chi connectivity index (χ1v) is 17.8. The van der Waals surface area contributed by atoms with E-state index in [2.05, 4.69) is 20.7 Å². The first-order chi connectivity index (χ1) is 22.8. The van der Waals surface area contributed by atoms with Gasteiger partial charge in [-0.1, -0.05) is 0 Å². The zero-order chi connectivity index (χ0) is 33.4. The number of esters is 1. The third kappa shape index (κ3) is 8.21. The Morgan fingerprint density at radius 2 is 1.43 bits per heavy atom. The molecule has 0 radical (unpaired) electrons. The summed E-state index contributed by atoms with van der Waals surface area (Å²) in [5.74, 6) is -1.16. The molecule has 7 N–H and O–H groups in total. The van der Waals surface area contributed by atoms with E-state index in [1.807, 2.05) is 0 Å². The number of rotatable bonds is 19. The van der Waals surface area contributed by atoms with Gasteiger partial charge in [-0.2, -0.15) is 0 Å². The van der Waals surface area contributed by atoms with E-state index >= 15 is 0 Å². The highest BCUT2D eigenvalue weighted by atomic mass is 32.2. The molecule has 2 heterocycles. The summed E-state index contributed by atoms with van der Waals surface area (Å²) in [6.07, 6.45) is 2.88. The van der Waals surface area contributed by atoms with Crippen molar-refractivity contribution in [3.63, 3.8) is 0 Å². The lowest BCUT2D eigenvalue weighted by atomic mass is 9.65. The average Bonchev–Trinajstić information content (AvgIpc) is 3.68. The van der Waals surface area contributed by atoms with Gasteiger partial charge in [-0.05, 0) is 99.5 Å². The van der Waals surface area contributed by atoms with E-state index in [9.17, 15) is 18.3 Å². The monoisotopic (exact) mass is 677 g/mol. The Hall–Kier alpha value is -3.34. The summed E-state index contributed by atoms with van der Waals surface area (Å²) in [5.41, 5.74) is 7.49. The Morgan fingerprint density at radius 1 is 0.851 bits per heavy atom. The molecule has 260 valence electrons. The van der Waals surface area contributed by atoms with Gasteiger partial charge in [-0.25, -0.2) is 13.1 Å². The molecular formula is C32H47N5O9S. The lowest BCUT2D eigenvalue weighted by Gasteiger charge is -2.39. The number of carbonyl (C=O) groups excluding carboxylic acids is 1. The molecule has 15 heteroatoms. The molecule has 14 nitrogen and oxygen atoms in total. The fourth-order valence-corrected chi connectivity index (χ4v) is 7.76. The van der Waals surface area contributed by atoms with Crippen LogP contribution in [0, 0.1) is 11.8 Å². The predicted molar refractivity (Wildman–Crippen MR) is 175 cm³/mol. The lowest BCUT2D eigenvalue weighted by molar-refractivity contribution is -0.141. The maximum absolute atomic E-state index is 13.5. The molecule has 1 fully saturated rings. The molecule has 3 aliphatic rings. The van der Waals surface area contributed by atoms with E-state index in [-0.39, 0.29) is 42.9 Å². The average molecular weight is 678 g/mol. The SMILES string of the molecule is COc1cc(C2c3cc4c(cc3[C@@H](NS(=O)(=O)CCNCCCNCCCNCCCN)[C@H]3COC(=O)[C@H]23)OCO4)cc(OC)c1O. The maximum atomic E-state index is 13.5. The van der Waals surface area contributed by atoms with Gasteiger partial charge in [-0.15, -0.1) is 0 Å². The third-order valence-electron chi connectivity index (χ3n) is 8.87. The van der Waals surface area contributed by atoms with Gasteiger partial charge < -0.3 is 50.5 Å². The van der Waals surface area contributed by atoms with E-state index < -0.39 is 39.8 Å². The number of ether oxygens (including phenoxy) is 5. The topological polar surface area (TPSA) is 192 Å². The first-order valence-electron chi connectivity index (χ1n) is 16.1. The number of hydrogen-bond acceptors (Lipinski definition) is 13. The van der Waals surface area contributed by atoms with Crippen molar-refractivity contribution in [2.24, 2.45) is 17.6 Å². The van der Waals surface area contributed by atoms with Crippen LogP contribution in [0.4, 0.5) is 0 Å². The highest BCUT2D eigenvalue weighted by Crippen LogP contribution is 2.55. The number of hydrogen-bond donors (Lipinski definition) is 6. The molecule has 1 aliphatic carbocycles. The summed E-state index contributed by atoms with van der Waals surface area (Å²) < 4.78 is 57.5. The zero-order valence-electron chi connectivity index (χ0n) is 27.0. The summed E-state index contributed by atoms with van der Waals surface area (Å²) >= 11 is 0. The molecule has 2 aromatic rings. The number of sulfonamides is 1. The summed E-state index contributed by atoms with van der Waals surface area (Å²) in [4.78, 5) is 13.3. The van der Waals surface area contributed by atoms with Gasteiger partial charge in [0.1, 0.15) is 0 Å². The summed E-state index contributed by atoms with van der Waals surface area (Å²) in [6, 6.07) is 6.16. The van der Waals surface area contributed by atoms with Crippen LogP contribution in [0.15, 0.2) is 24.3 Å². The number of carbonyl (C=O) groups is 1. The maximum Gasteiger partial charge on any atom is 0.310 e. The molecule has 1 saturated heterocycles. The fraction of sp³-hybridized carbons (Fsp3) is 0.594. The number of fused-ring (bicyclic) bond motifs is 3. The smallest absolute Gasteiger partial charge is 0.310 e. The number of benzene rings is 2. The van der Waals surface area contributed by atoms with Gasteiger partial charge in [0.25, 0.3) is 0 Å². The number of aromatic hydroxyl groups is 1. The van der Waals surface area contributed by atoms with Crippen LogP contribution in [0.25, 0.3) is 0 Å². The molecular weight excluding hydrogens is 630 g/mol. The minimum atomic E-state index is -3.77. The molecule has 47 heavy (non-hydrogen) atoms. The van der Waals surface area contributed by atoms with Crippen LogP contribution in [0.1, 0.15) is 47.9 Å². The minimum absolute atomic E-state index is 0.0304. The Kier molecular flexibility index (Phi) is 12.0. The van der Waals surface area contributed by atoms with Crippen molar-refractivity contribution in [3.8, 4) is 28.7 Å². The van der Waals surface area contributed by atoms with Gasteiger partial charge in [0.05, 0.1) is 38.5 Å². The van der Waals surface area contributed by atoms with Crippen molar-refractivity contribution in [2.45, 2.75) is 31.2 Å². The second-order valence-electron chi connectivity index (χ2n) is 11.9. The van der Waals surface area contributed by atoms with Crippen molar-refractivity contribution in [3.05, 3.63) is 41.0 Å². The second kappa shape index (κ2) is 16.2. The van der Waals surface area contributed by atoms with Gasteiger partial charge in [0.15, 0.2) is 23.0 Å². The van der Waals surface area contributed by atoms with Crippen LogP contribution in [-0.4, -0.2) is 98.7 Å². The molecule has 0 spiro atoms. The minimum Gasteiger partial charge on any atom is -0.502 e. The predicted octanol–water partition coefficient (Wildman–Crippen LogP) is 0.931. The Morgan fingerprint density at radius 3 is 2.02 bits per heavy atom. The largest absolute Gasteiger partial charge is 0.502 e. The standard InChI is InChI=1S/C32H47N5O9S/c1-42-26-14-20(15-27(43-2)31(26)38)28-21-16-24-25(46-19-45-24)17-22(21)30(23-18-44-32(39)29(23)28)37-47(40,41)13-12-36-11-5-10-35-9-4-8-34-7-3-6-33/h14-17,23,28-30,34-38H,3-13,18-19,33H2,1-2H3/t23-,28?,29-,30+/m0/s1. The number of phenolic OH excluding ortho intramolecular Hbond substituents is 1. The number of nitrogens with two attached hydrogens (primary N) is 1. The van der Waals surface area contributed by atoms with Crippen LogP contribution in [0.2, 0.25) is 0 Å². The Labute approximate surface area is 276 Å². The lowest BCUT2D eigenvalue weighted by Crippen LogP contribution is -2.44. The van der Waals surface area contributed by atoms with Crippen LogP contribution in [0.5, 0.6) is 28.7 Å². The van der Waals surface area contributed by atoms with Crippen molar-refractivity contribution in [1.29, 1.82) is 0 Å². The highest BCUT2D eigenvalue weighted by molar-refractivity contribution is 7.89. The molecule has 2 aromatic carbocycles. The number of methoxy groups -OCH3 is 2. The first kappa shape index (κ1) is 35.0. The van der Waals surface area contributed by atoms with E-state index in [0.29, 0.717) is 41.3 Å². The van der Waals surface area contributed by atoms with Crippen molar-refractivity contribution >= 4 is 16.0 Å². The van der Waals surface area contributed by atoms with Crippen LogP contribution >= 0.6 is 0 Å². The quantitative estimate of drug-likeness (QED) is 0.0910. The van der Waals surface area contributed by atoms with Gasteiger partial charge in [0.2, 0.25) is 22.6 Å². The summed E-state index contributed by atoms with van der Waals surface area (Å²) in [5, 5.41) is 20.5. The molecule has 4 atom stereocenters. The molecule has 2 aliphatic heterocycles. The van der Waals surface area contributed by atoms with E-state index in [4.69, 9.17) is 29.4 Å². The molecule has 0 aromatic heterocycles. The number of phenols is 1. The number of cyclic esters (lactones) is 1. The Bertz CT molecular complexity index is 1470. The van der Waals surface area contributed by atoms with E-state index in [1.54, 1.807) is 24.3 Å². The molecule has 5 rings (SSSR count). The van der Waals surface area contributed by atoms with E-state index in [1.165, 1.54) is 14.2 Å². The normalized spacial score (nSPS) is 21.3. The highest BCUT2D eigenvalue weighted by Gasteiger charge is 2.53. The van der Waals surface area contributed by atoms with E-state index in [0.717, 1.165) is 45.4 Å².